The van der Waals surface area contributed by atoms with Crippen LogP contribution in [0.1, 0.15) is 65.2 Å². The van der Waals surface area contributed by atoms with Crippen LogP contribution in [0.5, 0.6) is 0 Å². The molecule has 0 amide bonds. The zero-order valence-corrected chi connectivity index (χ0v) is 13.0. The quantitative estimate of drug-likeness (QED) is 0.669. The molecule has 0 spiro atoms. The topological polar surface area (TPSA) is 26.3 Å². The third-order valence-corrected chi connectivity index (χ3v) is 7.67. The first-order valence-electron chi connectivity index (χ1n) is 8.70. The Balaban J connectivity index is 1.66. The molecule has 4 aliphatic rings. The van der Waals surface area contributed by atoms with Crippen LogP contribution in [0, 0.1) is 28.6 Å². The summed E-state index contributed by atoms with van der Waals surface area (Å²) >= 11 is 0. The molecule has 1 aliphatic heterocycles. The predicted molar refractivity (Wildman–Crippen MR) is 78.4 cm³/mol. The monoisotopic (exact) mass is 276 g/mol. The summed E-state index contributed by atoms with van der Waals surface area (Å²) < 4.78 is 6.12. The Morgan fingerprint density at radius 2 is 1.90 bits per heavy atom. The minimum absolute atomic E-state index is 0.0277. The Labute approximate surface area is 122 Å². The molecule has 2 heteroatoms. The Bertz CT molecular complexity index is 431. The summed E-state index contributed by atoms with van der Waals surface area (Å²) in [6, 6.07) is 0. The van der Waals surface area contributed by atoms with Crippen molar-refractivity contribution in [1.29, 1.82) is 0 Å². The van der Waals surface area contributed by atoms with Crippen molar-refractivity contribution in [3.05, 3.63) is 0 Å². The molecule has 1 saturated heterocycles. The molecule has 3 saturated carbocycles. The van der Waals surface area contributed by atoms with Gasteiger partial charge in [0.05, 0.1) is 6.10 Å². The second-order valence-electron chi connectivity index (χ2n) is 8.34. The second kappa shape index (κ2) is 4.32. The van der Waals surface area contributed by atoms with E-state index in [9.17, 15) is 4.79 Å². The van der Waals surface area contributed by atoms with Crippen LogP contribution in [-0.4, -0.2) is 18.5 Å². The highest BCUT2D eigenvalue weighted by molar-refractivity contribution is 5.87. The lowest BCUT2D eigenvalue weighted by Crippen LogP contribution is -2.55. The molecule has 2 nitrogen and oxygen atoms in total. The van der Waals surface area contributed by atoms with Gasteiger partial charge in [-0.2, -0.15) is 0 Å². The van der Waals surface area contributed by atoms with Crippen molar-refractivity contribution in [2.45, 2.75) is 71.3 Å². The van der Waals surface area contributed by atoms with Crippen molar-refractivity contribution >= 4 is 5.78 Å². The molecule has 3 aliphatic carbocycles. The molecule has 0 bridgehead atoms. The lowest BCUT2D eigenvalue weighted by Gasteiger charge is -2.59. The summed E-state index contributed by atoms with van der Waals surface area (Å²) in [6.07, 6.45) is 10.0. The average molecular weight is 276 g/mol. The second-order valence-corrected chi connectivity index (χ2v) is 8.34. The maximum atomic E-state index is 12.3. The highest BCUT2D eigenvalue weighted by atomic mass is 16.5. The van der Waals surface area contributed by atoms with Crippen LogP contribution in [0.3, 0.4) is 0 Å². The normalized spacial score (nSPS) is 55.0. The van der Waals surface area contributed by atoms with E-state index in [4.69, 9.17) is 4.74 Å². The molecule has 0 aromatic carbocycles. The molecule has 0 radical (unpaired) electrons. The van der Waals surface area contributed by atoms with Crippen LogP contribution in [0.15, 0.2) is 0 Å². The highest BCUT2D eigenvalue weighted by Crippen LogP contribution is 2.63. The van der Waals surface area contributed by atoms with E-state index in [2.05, 4.69) is 13.8 Å². The zero-order chi connectivity index (χ0) is 14.0. The number of hydrogen-bond acceptors (Lipinski definition) is 2. The van der Waals surface area contributed by atoms with Crippen molar-refractivity contribution in [1.82, 2.24) is 0 Å². The molecule has 112 valence electrons. The van der Waals surface area contributed by atoms with E-state index in [0.29, 0.717) is 23.2 Å². The molecule has 4 fully saturated rings. The first-order valence-corrected chi connectivity index (χ1v) is 8.70. The SMILES string of the molecule is C[C@]12CCCOC1CC[C@@H]1[C@@H]2CC[C@]2(C)C(=O)CC[C@@H]12. The van der Waals surface area contributed by atoms with E-state index in [1.807, 2.05) is 0 Å². The Hall–Kier alpha value is -0.370. The van der Waals surface area contributed by atoms with Crippen molar-refractivity contribution in [3.63, 3.8) is 0 Å². The van der Waals surface area contributed by atoms with Crippen molar-refractivity contribution in [2.75, 3.05) is 6.61 Å². The van der Waals surface area contributed by atoms with Gasteiger partial charge in [0.2, 0.25) is 0 Å². The highest BCUT2D eigenvalue weighted by Gasteiger charge is 2.60. The van der Waals surface area contributed by atoms with E-state index >= 15 is 0 Å². The van der Waals surface area contributed by atoms with Crippen LogP contribution in [0.2, 0.25) is 0 Å². The number of Topliss-reactive ketones (excluding diaryl/α,β-unsaturated/α-hetero) is 1. The van der Waals surface area contributed by atoms with Gasteiger partial charge in [-0.3, -0.25) is 4.79 Å². The fourth-order valence-corrected chi connectivity index (χ4v) is 6.49. The van der Waals surface area contributed by atoms with Crippen molar-refractivity contribution in [2.24, 2.45) is 28.6 Å². The molecule has 0 aromatic rings. The summed E-state index contributed by atoms with van der Waals surface area (Å²) in [4.78, 5) is 12.3. The summed E-state index contributed by atoms with van der Waals surface area (Å²) in [7, 11) is 0. The summed E-state index contributed by atoms with van der Waals surface area (Å²) in [5.41, 5.74) is 0.425. The largest absolute Gasteiger partial charge is 0.378 e. The summed E-state index contributed by atoms with van der Waals surface area (Å²) in [5, 5.41) is 0. The molecule has 1 unspecified atom stereocenters. The van der Waals surface area contributed by atoms with Gasteiger partial charge in [-0.1, -0.05) is 13.8 Å². The number of ether oxygens (including phenoxy) is 1. The van der Waals surface area contributed by atoms with Gasteiger partial charge in [-0.05, 0) is 68.1 Å². The molecule has 1 heterocycles. The van der Waals surface area contributed by atoms with E-state index in [1.54, 1.807) is 0 Å². The van der Waals surface area contributed by atoms with Crippen LogP contribution in [-0.2, 0) is 9.53 Å². The molecule has 0 aromatic heterocycles. The Morgan fingerprint density at radius 3 is 2.75 bits per heavy atom. The molecule has 20 heavy (non-hydrogen) atoms. The van der Waals surface area contributed by atoms with Gasteiger partial charge in [-0.25, -0.2) is 0 Å². The van der Waals surface area contributed by atoms with E-state index in [1.165, 1.54) is 32.1 Å². The number of ketones is 1. The fraction of sp³-hybridized carbons (Fsp3) is 0.944. The first-order chi connectivity index (χ1) is 9.56. The number of carbonyl (C=O) groups is 1. The third kappa shape index (κ3) is 1.58. The standard InChI is InChI=1S/C18H28O2/c1-17-10-8-14-12(13(17)5-6-15(17)19)4-7-16-18(14,2)9-3-11-20-16/h12-14,16H,3-11H2,1-2H3/t12-,13-,14-,16?,17-,18+/m0/s1. The van der Waals surface area contributed by atoms with E-state index in [0.717, 1.165) is 37.7 Å². The summed E-state index contributed by atoms with van der Waals surface area (Å²) in [5.74, 6) is 2.84. The maximum absolute atomic E-state index is 12.3. The smallest absolute Gasteiger partial charge is 0.139 e. The Kier molecular flexibility index (Phi) is 2.87. The van der Waals surface area contributed by atoms with Crippen LogP contribution >= 0.6 is 0 Å². The van der Waals surface area contributed by atoms with Gasteiger partial charge in [0, 0.05) is 18.4 Å². The number of hydrogen-bond donors (Lipinski definition) is 0. The van der Waals surface area contributed by atoms with Gasteiger partial charge in [0.15, 0.2) is 0 Å². The van der Waals surface area contributed by atoms with Gasteiger partial charge < -0.3 is 4.74 Å². The van der Waals surface area contributed by atoms with Crippen LogP contribution < -0.4 is 0 Å². The molecule has 0 N–H and O–H groups in total. The van der Waals surface area contributed by atoms with Gasteiger partial charge in [0.1, 0.15) is 5.78 Å². The van der Waals surface area contributed by atoms with E-state index in [-0.39, 0.29) is 5.41 Å². The minimum Gasteiger partial charge on any atom is -0.378 e. The lowest BCUT2D eigenvalue weighted by atomic mass is 9.48. The first kappa shape index (κ1) is 13.3. The molecule has 4 rings (SSSR count). The predicted octanol–water partition coefficient (Wildman–Crippen LogP) is 3.98. The van der Waals surface area contributed by atoms with Crippen molar-refractivity contribution in [3.8, 4) is 0 Å². The number of rotatable bonds is 0. The average Bonchev–Trinajstić information content (AvgIpc) is 2.74. The van der Waals surface area contributed by atoms with Crippen molar-refractivity contribution < 1.29 is 9.53 Å². The van der Waals surface area contributed by atoms with Gasteiger partial charge >= 0.3 is 0 Å². The third-order valence-electron chi connectivity index (χ3n) is 7.67. The molecular formula is C18H28O2. The van der Waals surface area contributed by atoms with E-state index < -0.39 is 0 Å². The fourth-order valence-electron chi connectivity index (χ4n) is 6.49. The lowest BCUT2D eigenvalue weighted by molar-refractivity contribution is -0.173. The van der Waals surface area contributed by atoms with Gasteiger partial charge in [0.25, 0.3) is 0 Å². The molecular weight excluding hydrogens is 248 g/mol. The summed E-state index contributed by atoms with van der Waals surface area (Å²) in [6.45, 7) is 5.74. The van der Waals surface area contributed by atoms with Crippen LogP contribution in [0.25, 0.3) is 0 Å². The maximum Gasteiger partial charge on any atom is 0.139 e. The minimum atomic E-state index is 0.0277. The van der Waals surface area contributed by atoms with Gasteiger partial charge in [-0.15, -0.1) is 0 Å². The Morgan fingerprint density at radius 1 is 1.05 bits per heavy atom. The number of carbonyl (C=O) groups excluding carboxylic acids is 1. The molecule has 6 atom stereocenters. The number of fused-ring (bicyclic) bond motifs is 5. The van der Waals surface area contributed by atoms with Crippen LogP contribution in [0.4, 0.5) is 0 Å². The zero-order valence-electron chi connectivity index (χ0n) is 13.0.